The van der Waals surface area contributed by atoms with Crippen molar-refractivity contribution in [3.05, 3.63) is 57.8 Å². The summed E-state index contributed by atoms with van der Waals surface area (Å²) in [4.78, 5) is 4.12. The Morgan fingerprint density at radius 2 is 2.20 bits per heavy atom. The predicted octanol–water partition coefficient (Wildman–Crippen LogP) is 2.91. The summed E-state index contributed by atoms with van der Waals surface area (Å²) in [5, 5.41) is 0. The highest BCUT2D eigenvalue weighted by atomic mass is 79.9. The second kappa shape index (κ2) is 6.83. The van der Waals surface area contributed by atoms with E-state index in [1.807, 2.05) is 37.4 Å². The maximum absolute atomic E-state index is 5.73. The first-order chi connectivity index (χ1) is 9.65. The van der Waals surface area contributed by atoms with Gasteiger partial charge in [0.25, 0.3) is 0 Å². The predicted molar refractivity (Wildman–Crippen MR) is 83.4 cm³/mol. The minimum atomic E-state index is 0.0291. The van der Waals surface area contributed by atoms with Gasteiger partial charge in [-0.15, -0.1) is 0 Å². The average molecular weight is 336 g/mol. The fourth-order valence-corrected chi connectivity index (χ4v) is 2.60. The third kappa shape index (κ3) is 3.36. The van der Waals surface area contributed by atoms with Gasteiger partial charge >= 0.3 is 0 Å². The Balaban J connectivity index is 2.29. The molecule has 1 aromatic heterocycles. The van der Waals surface area contributed by atoms with E-state index in [1.165, 1.54) is 0 Å². The van der Waals surface area contributed by atoms with Gasteiger partial charge in [-0.2, -0.15) is 0 Å². The van der Waals surface area contributed by atoms with Crippen molar-refractivity contribution >= 4 is 15.9 Å². The second-order valence-corrected chi connectivity index (χ2v) is 5.47. The molecule has 0 fully saturated rings. The van der Waals surface area contributed by atoms with E-state index in [-0.39, 0.29) is 6.04 Å². The summed E-state index contributed by atoms with van der Waals surface area (Å²) in [6, 6.07) is 7.96. The summed E-state index contributed by atoms with van der Waals surface area (Å²) in [6.07, 6.45) is 4.40. The number of halogens is 1. The molecule has 0 bridgehead atoms. The van der Waals surface area contributed by atoms with E-state index in [1.54, 1.807) is 13.3 Å². The Hall–Kier alpha value is -1.43. The third-order valence-electron chi connectivity index (χ3n) is 3.32. The molecule has 0 amide bonds. The van der Waals surface area contributed by atoms with Crippen molar-refractivity contribution in [3.63, 3.8) is 0 Å². The van der Waals surface area contributed by atoms with Crippen LogP contribution in [-0.2, 0) is 6.42 Å². The van der Waals surface area contributed by atoms with Gasteiger partial charge in [0.15, 0.2) is 0 Å². The highest BCUT2D eigenvalue weighted by Crippen LogP contribution is 2.28. The summed E-state index contributed by atoms with van der Waals surface area (Å²) < 4.78 is 6.32. The summed E-state index contributed by atoms with van der Waals surface area (Å²) >= 11 is 3.57. The molecule has 0 saturated carbocycles. The van der Waals surface area contributed by atoms with Crippen LogP contribution in [0.25, 0.3) is 0 Å². The molecule has 1 atom stereocenters. The van der Waals surface area contributed by atoms with Crippen molar-refractivity contribution in [2.75, 3.05) is 7.11 Å². The molecule has 0 aliphatic heterocycles. The largest absolute Gasteiger partial charge is 0.497 e. The van der Waals surface area contributed by atoms with Crippen LogP contribution in [0.2, 0.25) is 0 Å². The maximum Gasteiger partial charge on any atom is 0.119 e. The Morgan fingerprint density at radius 1 is 1.40 bits per heavy atom. The van der Waals surface area contributed by atoms with Crippen LogP contribution in [0.15, 0.2) is 41.1 Å². The molecule has 5 heteroatoms. The second-order valence-electron chi connectivity index (χ2n) is 4.61. The van der Waals surface area contributed by atoms with Crippen LogP contribution in [0.3, 0.4) is 0 Å². The molecular formula is C15H18BrN3O. The zero-order chi connectivity index (χ0) is 14.5. The Labute approximate surface area is 127 Å². The van der Waals surface area contributed by atoms with Crippen molar-refractivity contribution in [3.8, 4) is 5.75 Å². The number of nitrogens with two attached hydrogens (primary N) is 1. The molecule has 2 aromatic rings. The van der Waals surface area contributed by atoms with E-state index in [4.69, 9.17) is 10.6 Å². The zero-order valence-electron chi connectivity index (χ0n) is 11.6. The molecule has 4 nitrogen and oxygen atoms in total. The van der Waals surface area contributed by atoms with E-state index < -0.39 is 0 Å². The molecule has 3 N–H and O–H groups in total. The normalized spacial score (nSPS) is 12.2. The van der Waals surface area contributed by atoms with E-state index >= 15 is 0 Å². The van der Waals surface area contributed by atoms with Crippen LogP contribution < -0.4 is 16.0 Å². The first kappa shape index (κ1) is 15.0. The number of nitrogens with zero attached hydrogens (tertiary/aromatic N) is 1. The van der Waals surface area contributed by atoms with E-state index in [2.05, 4.69) is 26.3 Å². The number of aromatic nitrogens is 1. The third-order valence-corrected chi connectivity index (χ3v) is 4.09. The number of hydrazine groups is 1. The topological polar surface area (TPSA) is 60.2 Å². The number of ether oxygens (including phenoxy) is 1. The number of pyridine rings is 1. The summed E-state index contributed by atoms with van der Waals surface area (Å²) in [6.45, 7) is 2.04. The van der Waals surface area contributed by atoms with Gasteiger partial charge in [0.1, 0.15) is 5.75 Å². The lowest BCUT2D eigenvalue weighted by atomic mass is 9.97. The van der Waals surface area contributed by atoms with Gasteiger partial charge in [0.2, 0.25) is 0 Å². The SMILES string of the molecule is COc1ccc(Br)c(CC(NN)c2ccncc2C)c1. The van der Waals surface area contributed by atoms with Crippen molar-refractivity contribution < 1.29 is 4.74 Å². The first-order valence-electron chi connectivity index (χ1n) is 6.34. The number of hydrogen-bond donors (Lipinski definition) is 2. The fourth-order valence-electron chi connectivity index (χ4n) is 2.19. The first-order valence-corrected chi connectivity index (χ1v) is 7.14. The van der Waals surface area contributed by atoms with Crippen LogP contribution in [0, 0.1) is 6.92 Å². The van der Waals surface area contributed by atoms with Crippen LogP contribution in [0.4, 0.5) is 0 Å². The van der Waals surface area contributed by atoms with Gasteiger partial charge in [-0.25, -0.2) is 0 Å². The number of nitrogens with one attached hydrogen (secondary N) is 1. The highest BCUT2D eigenvalue weighted by molar-refractivity contribution is 9.10. The molecule has 106 valence electrons. The van der Waals surface area contributed by atoms with E-state index in [0.717, 1.165) is 33.3 Å². The van der Waals surface area contributed by atoms with Gasteiger partial charge in [0.05, 0.1) is 13.2 Å². The van der Waals surface area contributed by atoms with E-state index in [0.29, 0.717) is 0 Å². The molecule has 1 aromatic carbocycles. The van der Waals surface area contributed by atoms with Crippen molar-refractivity contribution in [1.29, 1.82) is 0 Å². The van der Waals surface area contributed by atoms with Gasteiger partial charge in [-0.3, -0.25) is 16.3 Å². The maximum atomic E-state index is 5.73. The van der Waals surface area contributed by atoms with Crippen molar-refractivity contribution in [2.45, 2.75) is 19.4 Å². The van der Waals surface area contributed by atoms with Crippen LogP contribution in [0.1, 0.15) is 22.7 Å². The molecule has 20 heavy (non-hydrogen) atoms. The van der Waals surface area contributed by atoms with Gasteiger partial charge < -0.3 is 4.74 Å². The standard InChI is InChI=1S/C15H18BrN3O/c1-10-9-18-6-5-13(10)15(19-17)8-11-7-12(20-2)3-4-14(11)16/h3-7,9,15,19H,8,17H2,1-2H3. The monoisotopic (exact) mass is 335 g/mol. The quantitative estimate of drug-likeness (QED) is 0.651. The summed E-state index contributed by atoms with van der Waals surface area (Å²) in [7, 11) is 1.67. The van der Waals surface area contributed by atoms with Gasteiger partial charge in [0, 0.05) is 16.9 Å². The molecule has 1 unspecified atom stereocenters. The van der Waals surface area contributed by atoms with E-state index in [9.17, 15) is 0 Å². The van der Waals surface area contributed by atoms with Crippen LogP contribution in [-0.4, -0.2) is 12.1 Å². The number of hydrogen-bond acceptors (Lipinski definition) is 4. The fraction of sp³-hybridized carbons (Fsp3) is 0.267. The van der Waals surface area contributed by atoms with Gasteiger partial charge in [-0.05, 0) is 54.3 Å². The molecule has 0 radical (unpaired) electrons. The average Bonchev–Trinajstić information content (AvgIpc) is 2.47. The number of methoxy groups -OCH3 is 1. The molecule has 1 heterocycles. The highest BCUT2D eigenvalue weighted by Gasteiger charge is 2.15. The Kier molecular flexibility index (Phi) is 5.11. The summed E-state index contributed by atoms with van der Waals surface area (Å²) in [5.41, 5.74) is 6.30. The lowest BCUT2D eigenvalue weighted by Gasteiger charge is -2.19. The zero-order valence-corrected chi connectivity index (χ0v) is 13.1. The smallest absolute Gasteiger partial charge is 0.119 e. The van der Waals surface area contributed by atoms with Crippen molar-refractivity contribution in [2.24, 2.45) is 5.84 Å². The Bertz CT molecular complexity index is 589. The lowest BCUT2D eigenvalue weighted by Crippen LogP contribution is -2.30. The van der Waals surface area contributed by atoms with Crippen molar-refractivity contribution in [1.82, 2.24) is 10.4 Å². The molecule has 0 aliphatic carbocycles. The number of aryl methyl sites for hydroxylation is 1. The number of benzene rings is 1. The molecule has 0 aliphatic rings. The van der Waals surface area contributed by atoms with Crippen LogP contribution in [0.5, 0.6) is 5.75 Å². The molecule has 0 saturated heterocycles. The molecule has 0 spiro atoms. The minimum absolute atomic E-state index is 0.0291. The molecular weight excluding hydrogens is 318 g/mol. The minimum Gasteiger partial charge on any atom is -0.497 e. The lowest BCUT2D eigenvalue weighted by molar-refractivity contribution is 0.413. The summed E-state index contributed by atoms with van der Waals surface area (Å²) in [5.74, 6) is 6.56. The van der Waals surface area contributed by atoms with Crippen LogP contribution >= 0.6 is 15.9 Å². The Morgan fingerprint density at radius 3 is 2.85 bits per heavy atom. The molecule has 2 rings (SSSR count). The number of rotatable bonds is 5. The van der Waals surface area contributed by atoms with Gasteiger partial charge in [-0.1, -0.05) is 15.9 Å².